The van der Waals surface area contributed by atoms with Gasteiger partial charge in [-0.2, -0.15) is 5.26 Å². The lowest BCUT2D eigenvalue weighted by Crippen LogP contribution is -2.34. The Kier molecular flexibility index (Phi) is 3.98. The van der Waals surface area contributed by atoms with Crippen molar-refractivity contribution < 1.29 is 0 Å². The molecule has 2 nitrogen and oxygen atoms in total. The van der Waals surface area contributed by atoms with Crippen molar-refractivity contribution in [3.05, 3.63) is 12.2 Å². The van der Waals surface area contributed by atoms with Crippen molar-refractivity contribution in [3.63, 3.8) is 0 Å². The van der Waals surface area contributed by atoms with Crippen LogP contribution in [-0.2, 0) is 0 Å². The monoisotopic (exact) mass is 178 g/mol. The zero-order chi connectivity index (χ0) is 9.68. The molecule has 1 saturated carbocycles. The van der Waals surface area contributed by atoms with Crippen molar-refractivity contribution in [2.45, 2.75) is 38.6 Å². The first-order valence-corrected chi connectivity index (χ1v) is 4.99. The van der Waals surface area contributed by atoms with Crippen molar-refractivity contribution in [3.8, 4) is 6.07 Å². The summed E-state index contributed by atoms with van der Waals surface area (Å²) in [6.45, 7) is 7.36. The zero-order valence-corrected chi connectivity index (χ0v) is 8.42. The van der Waals surface area contributed by atoms with E-state index in [9.17, 15) is 0 Å². The SMILES string of the molecule is C=C(C)CN(CC#N)C1CCCC1. The maximum Gasteiger partial charge on any atom is 0.0871 e. The van der Waals surface area contributed by atoms with Crippen LogP contribution >= 0.6 is 0 Å². The fraction of sp³-hybridized carbons (Fsp3) is 0.727. The van der Waals surface area contributed by atoms with Crippen LogP contribution in [0.2, 0.25) is 0 Å². The molecule has 13 heavy (non-hydrogen) atoms. The van der Waals surface area contributed by atoms with Gasteiger partial charge in [-0.3, -0.25) is 4.90 Å². The number of hydrogen-bond acceptors (Lipinski definition) is 2. The van der Waals surface area contributed by atoms with Gasteiger partial charge in [-0.1, -0.05) is 25.0 Å². The summed E-state index contributed by atoms with van der Waals surface area (Å²) in [5.74, 6) is 0. The first-order chi connectivity index (χ1) is 6.24. The molecule has 0 aromatic heterocycles. The number of nitriles is 1. The molecule has 1 rings (SSSR count). The van der Waals surface area contributed by atoms with Crippen molar-refractivity contribution in [2.75, 3.05) is 13.1 Å². The maximum atomic E-state index is 8.69. The number of hydrogen-bond donors (Lipinski definition) is 0. The van der Waals surface area contributed by atoms with Crippen LogP contribution in [-0.4, -0.2) is 24.0 Å². The predicted octanol–water partition coefficient (Wildman–Crippen LogP) is 2.33. The van der Waals surface area contributed by atoms with Gasteiger partial charge in [0.1, 0.15) is 0 Å². The van der Waals surface area contributed by atoms with Gasteiger partial charge in [0.25, 0.3) is 0 Å². The topological polar surface area (TPSA) is 27.0 Å². The molecule has 1 aliphatic carbocycles. The van der Waals surface area contributed by atoms with Crippen LogP contribution in [0.15, 0.2) is 12.2 Å². The molecule has 0 aromatic rings. The molecule has 0 N–H and O–H groups in total. The van der Waals surface area contributed by atoms with Gasteiger partial charge in [-0.05, 0) is 19.8 Å². The van der Waals surface area contributed by atoms with E-state index in [0.29, 0.717) is 12.6 Å². The summed E-state index contributed by atoms with van der Waals surface area (Å²) in [5, 5.41) is 8.69. The molecule has 1 aliphatic rings. The Bertz CT molecular complexity index is 209. The van der Waals surface area contributed by atoms with Crippen LogP contribution in [0.25, 0.3) is 0 Å². The van der Waals surface area contributed by atoms with E-state index in [0.717, 1.165) is 12.1 Å². The highest BCUT2D eigenvalue weighted by molar-refractivity contribution is 4.96. The predicted molar refractivity (Wildman–Crippen MR) is 54.3 cm³/mol. The largest absolute Gasteiger partial charge is 0.284 e. The smallest absolute Gasteiger partial charge is 0.0871 e. The van der Waals surface area contributed by atoms with Crippen LogP contribution in [0.3, 0.4) is 0 Å². The van der Waals surface area contributed by atoms with Crippen LogP contribution < -0.4 is 0 Å². The summed E-state index contributed by atoms with van der Waals surface area (Å²) < 4.78 is 0. The van der Waals surface area contributed by atoms with E-state index in [4.69, 9.17) is 5.26 Å². The van der Waals surface area contributed by atoms with Crippen molar-refractivity contribution >= 4 is 0 Å². The highest BCUT2D eigenvalue weighted by atomic mass is 15.2. The maximum absolute atomic E-state index is 8.69. The minimum atomic E-state index is 0.553. The van der Waals surface area contributed by atoms with Crippen molar-refractivity contribution in [2.24, 2.45) is 0 Å². The van der Waals surface area contributed by atoms with Gasteiger partial charge in [0.15, 0.2) is 0 Å². The Morgan fingerprint density at radius 1 is 1.54 bits per heavy atom. The van der Waals surface area contributed by atoms with Crippen molar-refractivity contribution in [1.29, 1.82) is 5.26 Å². The summed E-state index contributed by atoms with van der Waals surface area (Å²) in [7, 11) is 0. The first kappa shape index (κ1) is 10.3. The minimum Gasteiger partial charge on any atom is -0.284 e. The summed E-state index contributed by atoms with van der Waals surface area (Å²) in [4.78, 5) is 2.26. The van der Waals surface area contributed by atoms with Crippen LogP contribution in [0.4, 0.5) is 0 Å². The van der Waals surface area contributed by atoms with E-state index in [1.807, 2.05) is 6.92 Å². The second-order valence-corrected chi connectivity index (χ2v) is 3.96. The summed E-state index contributed by atoms with van der Waals surface area (Å²) >= 11 is 0. The molecule has 72 valence electrons. The molecule has 0 atom stereocenters. The molecule has 1 fully saturated rings. The number of nitrogens with zero attached hydrogens (tertiary/aromatic N) is 2. The third kappa shape index (κ3) is 3.20. The molecule has 0 amide bonds. The molecular weight excluding hydrogens is 160 g/mol. The lowest BCUT2D eigenvalue weighted by molar-refractivity contribution is 0.241. The standard InChI is InChI=1S/C11H18N2/c1-10(2)9-13(8-7-12)11-5-3-4-6-11/h11H,1,3-6,8-9H2,2H3. The molecule has 0 bridgehead atoms. The highest BCUT2D eigenvalue weighted by Gasteiger charge is 2.21. The Morgan fingerprint density at radius 2 is 2.15 bits per heavy atom. The first-order valence-electron chi connectivity index (χ1n) is 4.99. The van der Waals surface area contributed by atoms with Gasteiger partial charge in [0.05, 0.1) is 12.6 Å². The molecule has 0 aromatic carbocycles. The average molecular weight is 178 g/mol. The van der Waals surface area contributed by atoms with Gasteiger partial charge in [0, 0.05) is 12.6 Å². The average Bonchev–Trinajstić information content (AvgIpc) is 2.54. The molecule has 0 saturated heterocycles. The normalized spacial score (nSPS) is 17.6. The van der Waals surface area contributed by atoms with E-state index < -0.39 is 0 Å². The van der Waals surface area contributed by atoms with Crippen LogP contribution in [0, 0.1) is 11.3 Å². The third-order valence-electron chi connectivity index (χ3n) is 2.59. The van der Waals surface area contributed by atoms with Gasteiger partial charge >= 0.3 is 0 Å². The van der Waals surface area contributed by atoms with E-state index in [1.165, 1.54) is 25.7 Å². The molecule has 0 spiro atoms. The van der Waals surface area contributed by atoms with Gasteiger partial charge in [0.2, 0.25) is 0 Å². The Labute approximate surface area is 80.8 Å². The Hall–Kier alpha value is -0.810. The lowest BCUT2D eigenvalue weighted by Gasteiger charge is -2.25. The minimum absolute atomic E-state index is 0.553. The van der Waals surface area contributed by atoms with Crippen LogP contribution in [0.5, 0.6) is 0 Å². The molecule has 0 radical (unpaired) electrons. The zero-order valence-electron chi connectivity index (χ0n) is 8.42. The number of rotatable bonds is 4. The Balaban J connectivity index is 2.45. The fourth-order valence-corrected chi connectivity index (χ4v) is 2.02. The second-order valence-electron chi connectivity index (χ2n) is 3.96. The summed E-state index contributed by atoms with van der Waals surface area (Å²) in [5.41, 5.74) is 1.15. The van der Waals surface area contributed by atoms with E-state index in [1.54, 1.807) is 0 Å². The molecule has 0 heterocycles. The lowest BCUT2D eigenvalue weighted by atomic mass is 10.2. The highest BCUT2D eigenvalue weighted by Crippen LogP contribution is 2.23. The molecule has 0 unspecified atom stereocenters. The Morgan fingerprint density at radius 3 is 2.62 bits per heavy atom. The summed E-state index contributed by atoms with van der Waals surface area (Å²) in [6.07, 6.45) is 5.16. The van der Waals surface area contributed by atoms with E-state index in [2.05, 4.69) is 17.5 Å². The van der Waals surface area contributed by atoms with Gasteiger partial charge in [-0.15, -0.1) is 0 Å². The second kappa shape index (κ2) is 5.04. The molecule has 2 heteroatoms. The quantitative estimate of drug-likeness (QED) is 0.488. The fourth-order valence-electron chi connectivity index (χ4n) is 2.02. The van der Waals surface area contributed by atoms with Crippen molar-refractivity contribution in [1.82, 2.24) is 4.90 Å². The van der Waals surface area contributed by atoms with E-state index >= 15 is 0 Å². The molecule has 0 aliphatic heterocycles. The molecular formula is C11H18N2. The van der Waals surface area contributed by atoms with E-state index in [-0.39, 0.29) is 0 Å². The van der Waals surface area contributed by atoms with Crippen LogP contribution in [0.1, 0.15) is 32.6 Å². The van der Waals surface area contributed by atoms with Gasteiger partial charge < -0.3 is 0 Å². The van der Waals surface area contributed by atoms with Gasteiger partial charge in [-0.25, -0.2) is 0 Å². The third-order valence-corrected chi connectivity index (χ3v) is 2.59. The summed E-state index contributed by atoms with van der Waals surface area (Å²) in [6, 6.07) is 2.87.